The van der Waals surface area contributed by atoms with Gasteiger partial charge >= 0.3 is 0 Å². The summed E-state index contributed by atoms with van der Waals surface area (Å²) in [5.74, 6) is 0.521. The van der Waals surface area contributed by atoms with E-state index in [0.717, 1.165) is 10.1 Å². The predicted molar refractivity (Wildman–Crippen MR) is 81.7 cm³/mol. The van der Waals surface area contributed by atoms with Gasteiger partial charge in [0.1, 0.15) is 0 Å². The van der Waals surface area contributed by atoms with Crippen LogP contribution in [0.4, 0.5) is 10.8 Å². The topological polar surface area (TPSA) is 98.0 Å². The smallest absolute Gasteiger partial charge is 0.273 e. The van der Waals surface area contributed by atoms with Gasteiger partial charge in [-0.05, 0) is 5.75 Å². The second-order valence-electron chi connectivity index (χ2n) is 3.92. The van der Waals surface area contributed by atoms with Crippen LogP contribution in [0.25, 0.3) is 0 Å². The molecule has 2 aromatic rings. The first-order valence-electron chi connectivity index (χ1n) is 6.08. The minimum absolute atomic E-state index is 0.0628. The van der Waals surface area contributed by atoms with Gasteiger partial charge in [-0.15, -0.1) is 10.2 Å². The molecule has 1 N–H and O–H groups in total. The molecule has 0 atom stereocenters. The molecular weight excluding hydrogens is 312 g/mol. The minimum atomic E-state index is -0.496. The highest BCUT2D eigenvalue weighted by Crippen LogP contribution is 2.25. The third-order valence-corrected chi connectivity index (χ3v) is 4.31. The lowest BCUT2D eigenvalue weighted by atomic mass is 10.1. The molecule has 0 unspecified atom stereocenters. The molecule has 21 heavy (non-hydrogen) atoms. The molecule has 0 spiro atoms. The van der Waals surface area contributed by atoms with Crippen molar-refractivity contribution in [3.05, 3.63) is 39.9 Å². The van der Waals surface area contributed by atoms with Crippen molar-refractivity contribution in [2.45, 2.75) is 17.7 Å². The van der Waals surface area contributed by atoms with E-state index < -0.39 is 4.92 Å². The van der Waals surface area contributed by atoms with E-state index in [1.807, 2.05) is 6.92 Å². The number of carbonyl (C=O) groups is 1. The average molecular weight is 324 g/mol. The number of benzene rings is 1. The molecule has 9 heteroatoms. The number of amides is 1. The van der Waals surface area contributed by atoms with Crippen LogP contribution in [0.3, 0.4) is 0 Å². The SMILES string of the molecule is CCSc1nnc(NC(=O)Cc2ccccc2[N+](=O)[O-])s1. The lowest BCUT2D eigenvalue weighted by Crippen LogP contribution is -2.15. The summed E-state index contributed by atoms with van der Waals surface area (Å²) in [5, 5.41) is 21.7. The van der Waals surface area contributed by atoms with Crippen LogP contribution in [0.15, 0.2) is 28.6 Å². The molecule has 0 bridgehead atoms. The Kier molecular flexibility index (Phi) is 5.23. The Morgan fingerprint density at radius 3 is 2.90 bits per heavy atom. The van der Waals surface area contributed by atoms with Gasteiger partial charge in [0.05, 0.1) is 11.3 Å². The second-order valence-corrected chi connectivity index (χ2v) is 6.41. The molecule has 110 valence electrons. The highest BCUT2D eigenvalue weighted by molar-refractivity contribution is 8.01. The standard InChI is InChI=1S/C12H12N4O3S2/c1-2-20-12-15-14-11(21-12)13-10(17)7-8-5-3-4-6-9(8)16(18)19/h3-6H,2,7H2,1H3,(H,13,14,17). The van der Waals surface area contributed by atoms with E-state index in [0.29, 0.717) is 10.7 Å². The molecule has 0 aliphatic rings. The molecule has 0 aliphatic carbocycles. The molecule has 2 rings (SSSR count). The van der Waals surface area contributed by atoms with E-state index in [-0.39, 0.29) is 18.0 Å². The lowest BCUT2D eigenvalue weighted by molar-refractivity contribution is -0.385. The predicted octanol–water partition coefficient (Wildman–Crippen LogP) is 2.74. The van der Waals surface area contributed by atoms with Crippen molar-refractivity contribution < 1.29 is 9.72 Å². The Labute approximate surface area is 128 Å². The summed E-state index contributed by atoms with van der Waals surface area (Å²) in [6.07, 6.45) is -0.0764. The van der Waals surface area contributed by atoms with Gasteiger partial charge in [-0.1, -0.05) is 48.2 Å². The molecule has 0 radical (unpaired) electrons. The van der Waals surface area contributed by atoms with E-state index >= 15 is 0 Å². The number of para-hydroxylation sites is 1. The Hall–Kier alpha value is -2.00. The van der Waals surface area contributed by atoms with Crippen LogP contribution in [-0.4, -0.2) is 26.8 Å². The van der Waals surface area contributed by atoms with E-state index in [4.69, 9.17) is 0 Å². The van der Waals surface area contributed by atoms with Gasteiger partial charge in [0.15, 0.2) is 4.34 Å². The Balaban J connectivity index is 2.03. The summed E-state index contributed by atoms with van der Waals surface area (Å²) in [4.78, 5) is 22.3. The van der Waals surface area contributed by atoms with Gasteiger partial charge in [0.25, 0.3) is 5.69 Å². The van der Waals surface area contributed by atoms with Gasteiger partial charge in [-0.25, -0.2) is 0 Å². The molecule has 1 amide bonds. The number of aromatic nitrogens is 2. The summed E-state index contributed by atoms with van der Waals surface area (Å²) in [6.45, 7) is 2.00. The fourth-order valence-corrected chi connectivity index (χ4v) is 3.28. The quantitative estimate of drug-likeness (QED) is 0.380. The molecule has 0 saturated carbocycles. The number of nitro groups is 1. The number of nitro benzene ring substituents is 1. The van der Waals surface area contributed by atoms with Crippen molar-refractivity contribution >= 4 is 39.8 Å². The van der Waals surface area contributed by atoms with Crippen LogP contribution in [0.5, 0.6) is 0 Å². The van der Waals surface area contributed by atoms with Crippen LogP contribution in [0, 0.1) is 10.1 Å². The fraction of sp³-hybridized carbons (Fsp3) is 0.250. The van der Waals surface area contributed by atoms with Crippen molar-refractivity contribution in [2.75, 3.05) is 11.1 Å². The zero-order valence-corrected chi connectivity index (χ0v) is 12.7. The molecule has 0 aliphatic heterocycles. The third kappa shape index (κ3) is 4.23. The van der Waals surface area contributed by atoms with Gasteiger partial charge in [-0.3, -0.25) is 14.9 Å². The molecule has 1 heterocycles. The molecule has 1 aromatic carbocycles. The van der Waals surface area contributed by atoms with E-state index in [1.165, 1.54) is 29.2 Å². The van der Waals surface area contributed by atoms with Gasteiger partial charge in [0, 0.05) is 11.6 Å². The summed E-state index contributed by atoms with van der Waals surface area (Å²) >= 11 is 2.82. The van der Waals surface area contributed by atoms with Crippen molar-refractivity contribution in [2.24, 2.45) is 0 Å². The van der Waals surface area contributed by atoms with E-state index in [1.54, 1.807) is 18.2 Å². The van der Waals surface area contributed by atoms with Crippen molar-refractivity contribution in [3.8, 4) is 0 Å². The number of anilines is 1. The van der Waals surface area contributed by atoms with Gasteiger partial charge < -0.3 is 5.32 Å². The highest BCUT2D eigenvalue weighted by Gasteiger charge is 2.16. The largest absolute Gasteiger partial charge is 0.300 e. The third-order valence-electron chi connectivity index (χ3n) is 2.46. The van der Waals surface area contributed by atoms with Crippen LogP contribution in [0.1, 0.15) is 12.5 Å². The van der Waals surface area contributed by atoms with Crippen LogP contribution >= 0.6 is 23.1 Å². The number of hydrogen-bond acceptors (Lipinski definition) is 7. The number of nitrogens with one attached hydrogen (secondary N) is 1. The number of hydrogen-bond donors (Lipinski definition) is 1. The second kappa shape index (κ2) is 7.14. The van der Waals surface area contributed by atoms with Crippen LogP contribution in [-0.2, 0) is 11.2 Å². The first-order valence-corrected chi connectivity index (χ1v) is 7.88. The Morgan fingerprint density at radius 1 is 1.43 bits per heavy atom. The summed E-state index contributed by atoms with van der Waals surface area (Å²) in [7, 11) is 0. The lowest BCUT2D eigenvalue weighted by Gasteiger charge is -2.02. The number of nitrogens with zero attached hydrogens (tertiary/aromatic N) is 3. The maximum absolute atomic E-state index is 11.9. The molecule has 0 saturated heterocycles. The first kappa shape index (κ1) is 15.4. The summed E-state index contributed by atoms with van der Waals surface area (Å²) in [6, 6.07) is 6.18. The van der Waals surface area contributed by atoms with Crippen LogP contribution in [0.2, 0.25) is 0 Å². The fourth-order valence-electron chi connectivity index (χ4n) is 1.62. The highest BCUT2D eigenvalue weighted by atomic mass is 32.2. The number of thioether (sulfide) groups is 1. The Morgan fingerprint density at radius 2 is 2.19 bits per heavy atom. The summed E-state index contributed by atoms with van der Waals surface area (Å²) < 4.78 is 0.776. The van der Waals surface area contributed by atoms with E-state index in [2.05, 4.69) is 15.5 Å². The van der Waals surface area contributed by atoms with Crippen molar-refractivity contribution in [1.29, 1.82) is 0 Å². The maximum Gasteiger partial charge on any atom is 0.273 e. The molecular formula is C12H12N4O3S2. The molecule has 1 aromatic heterocycles. The minimum Gasteiger partial charge on any atom is -0.300 e. The van der Waals surface area contributed by atoms with Crippen molar-refractivity contribution in [1.82, 2.24) is 10.2 Å². The van der Waals surface area contributed by atoms with Gasteiger partial charge in [0.2, 0.25) is 11.0 Å². The zero-order chi connectivity index (χ0) is 15.2. The number of carbonyl (C=O) groups excluding carboxylic acids is 1. The number of rotatable bonds is 6. The van der Waals surface area contributed by atoms with Crippen molar-refractivity contribution in [3.63, 3.8) is 0 Å². The monoisotopic (exact) mass is 324 g/mol. The van der Waals surface area contributed by atoms with Crippen LogP contribution < -0.4 is 5.32 Å². The Bertz CT molecular complexity index is 659. The first-order chi connectivity index (χ1) is 10.1. The normalized spacial score (nSPS) is 10.3. The van der Waals surface area contributed by atoms with E-state index in [9.17, 15) is 14.9 Å². The van der Waals surface area contributed by atoms with Gasteiger partial charge in [-0.2, -0.15) is 0 Å². The average Bonchev–Trinajstić information content (AvgIpc) is 2.86. The zero-order valence-electron chi connectivity index (χ0n) is 11.1. The molecule has 7 nitrogen and oxygen atoms in total. The maximum atomic E-state index is 11.9. The summed E-state index contributed by atoms with van der Waals surface area (Å²) in [5.41, 5.74) is 0.305. The molecule has 0 fully saturated rings.